The molecule has 1 aliphatic rings. The maximum absolute atomic E-state index is 13.4. The molecular weight excluding hydrogens is 462 g/mol. The van der Waals surface area contributed by atoms with Crippen LogP contribution in [0.2, 0.25) is 0 Å². The number of methoxy groups -OCH3 is 1. The first-order valence-corrected chi connectivity index (χ1v) is 12.2. The molecule has 0 fully saturated rings. The first-order valence-electron chi connectivity index (χ1n) is 12.2. The highest BCUT2D eigenvalue weighted by Crippen LogP contribution is 2.27. The molecule has 0 radical (unpaired) electrons. The Kier molecular flexibility index (Phi) is 9.35. The second-order valence-electron chi connectivity index (χ2n) is 9.15. The molecule has 2 aromatic rings. The molecule has 10 heteroatoms. The number of carbonyl (C=O) groups is 3. The number of nitrogens with one attached hydrogen (secondary N) is 1. The number of hydrogen-bond acceptors (Lipinski definition) is 7. The first-order chi connectivity index (χ1) is 17.2. The van der Waals surface area contributed by atoms with Crippen LogP contribution in [0, 0.1) is 5.92 Å². The molecule has 1 aromatic heterocycles. The van der Waals surface area contributed by atoms with Crippen molar-refractivity contribution in [2.75, 3.05) is 39.2 Å². The number of carbonyl (C=O) groups excluding carboxylic acids is 3. The number of aromatic nitrogens is 2. The van der Waals surface area contributed by atoms with Gasteiger partial charge in [-0.1, -0.05) is 13.8 Å². The Morgan fingerprint density at radius 3 is 2.67 bits per heavy atom. The summed E-state index contributed by atoms with van der Waals surface area (Å²) in [6.45, 7) is 6.63. The van der Waals surface area contributed by atoms with Crippen LogP contribution in [0.3, 0.4) is 0 Å². The lowest BCUT2D eigenvalue weighted by molar-refractivity contribution is -0.116. The molecule has 0 unspecified atom stereocenters. The second kappa shape index (κ2) is 12.4. The standard InChI is InChI=1S/C26H35N5O5/c1-6-7-24(32)29-19-8-9-20-22(12-19)36-16-18(3)31(26(34)21-13-27-10-11-28-21)14-17(2)23(35-5)15-30(4)25(20)33/h8-13,17-18,23H,6-7,14-16H2,1-5H3,(H,29,32)/t17-,18-,23+/m0/s1. The van der Waals surface area contributed by atoms with Gasteiger partial charge in [-0.3, -0.25) is 19.4 Å². The zero-order valence-electron chi connectivity index (χ0n) is 21.6. The zero-order chi connectivity index (χ0) is 26.2. The third kappa shape index (κ3) is 6.57. The van der Waals surface area contributed by atoms with Gasteiger partial charge in [-0.05, 0) is 25.5 Å². The fourth-order valence-corrected chi connectivity index (χ4v) is 4.14. The minimum Gasteiger partial charge on any atom is -0.491 e. The molecule has 0 spiro atoms. The third-order valence-electron chi connectivity index (χ3n) is 6.25. The van der Waals surface area contributed by atoms with Gasteiger partial charge >= 0.3 is 0 Å². The minimum atomic E-state index is -0.349. The molecule has 3 rings (SSSR count). The maximum Gasteiger partial charge on any atom is 0.274 e. The van der Waals surface area contributed by atoms with E-state index < -0.39 is 0 Å². The lowest BCUT2D eigenvalue weighted by atomic mass is 10.0. The van der Waals surface area contributed by atoms with Gasteiger partial charge in [0.15, 0.2) is 0 Å². The van der Waals surface area contributed by atoms with E-state index in [2.05, 4.69) is 15.3 Å². The third-order valence-corrected chi connectivity index (χ3v) is 6.25. The molecule has 0 bridgehead atoms. The largest absolute Gasteiger partial charge is 0.491 e. The number of amides is 3. The fourth-order valence-electron chi connectivity index (χ4n) is 4.14. The quantitative estimate of drug-likeness (QED) is 0.676. The van der Waals surface area contributed by atoms with E-state index in [4.69, 9.17) is 9.47 Å². The number of likely N-dealkylation sites (N-methyl/N-ethyl adjacent to an activating group) is 1. The number of anilines is 1. The zero-order valence-corrected chi connectivity index (χ0v) is 21.6. The van der Waals surface area contributed by atoms with Crippen LogP contribution in [0.25, 0.3) is 0 Å². The number of fused-ring (bicyclic) bond motifs is 1. The second-order valence-corrected chi connectivity index (χ2v) is 9.15. The monoisotopic (exact) mass is 497 g/mol. The molecule has 1 N–H and O–H groups in total. The molecule has 0 saturated carbocycles. The first kappa shape index (κ1) is 27.1. The summed E-state index contributed by atoms with van der Waals surface area (Å²) >= 11 is 0. The highest BCUT2D eigenvalue weighted by molar-refractivity contribution is 5.98. The average Bonchev–Trinajstić information content (AvgIpc) is 2.88. The van der Waals surface area contributed by atoms with Gasteiger partial charge in [0, 0.05) is 63.7 Å². The van der Waals surface area contributed by atoms with Crippen LogP contribution in [0.5, 0.6) is 5.75 Å². The number of rotatable bonds is 5. The molecule has 0 saturated heterocycles. The van der Waals surface area contributed by atoms with Gasteiger partial charge in [-0.2, -0.15) is 0 Å². The predicted molar refractivity (Wildman–Crippen MR) is 135 cm³/mol. The molecule has 10 nitrogen and oxygen atoms in total. The van der Waals surface area contributed by atoms with Crippen LogP contribution < -0.4 is 10.1 Å². The van der Waals surface area contributed by atoms with Crippen LogP contribution in [0.1, 0.15) is 54.5 Å². The maximum atomic E-state index is 13.4. The van der Waals surface area contributed by atoms with Crippen molar-refractivity contribution >= 4 is 23.4 Å². The lowest BCUT2D eigenvalue weighted by Crippen LogP contribution is -2.48. The van der Waals surface area contributed by atoms with E-state index in [0.717, 1.165) is 6.42 Å². The van der Waals surface area contributed by atoms with E-state index >= 15 is 0 Å². The summed E-state index contributed by atoms with van der Waals surface area (Å²) in [6, 6.07) is 4.65. The molecule has 194 valence electrons. The number of benzene rings is 1. The summed E-state index contributed by atoms with van der Waals surface area (Å²) < 4.78 is 11.8. The van der Waals surface area contributed by atoms with Gasteiger partial charge in [0.05, 0.1) is 23.9 Å². The molecular formula is C26H35N5O5. The van der Waals surface area contributed by atoms with Gasteiger partial charge in [-0.15, -0.1) is 0 Å². The van der Waals surface area contributed by atoms with Crippen molar-refractivity contribution in [2.45, 2.75) is 45.8 Å². The Morgan fingerprint density at radius 1 is 1.22 bits per heavy atom. The van der Waals surface area contributed by atoms with Crippen molar-refractivity contribution in [1.82, 2.24) is 19.8 Å². The van der Waals surface area contributed by atoms with Crippen molar-refractivity contribution in [3.05, 3.63) is 48.0 Å². The summed E-state index contributed by atoms with van der Waals surface area (Å²) in [4.78, 5) is 50.3. The summed E-state index contributed by atoms with van der Waals surface area (Å²) in [5.74, 6) is -0.333. The van der Waals surface area contributed by atoms with Gasteiger partial charge in [0.2, 0.25) is 5.91 Å². The Hall–Kier alpha value is -3.53. The molecule has 0 aliphatic carbocycles. The predicted octanol–water partition coefficient (Wildman–Crippen LogP) is 2.86. The Labute approximate surface area is 212 Å². The summed E-state index contributed by atoms with van der Waals surface area (Å²) in [5, 5.41) is 2.84. The Morgan fingerprint density at radius 2 is 2.00 bits per heavy atom. The van der Waals surface area contributed by atoms with Crippen molar-refractivity contribution in [1.29, 1.82) is 0 Å². The van der Waals surface area contributed by atoms with E-state index in [0.29, 0.717) is 36.5 Å². The SMILES string of the molecule is CCCC(=O)Nc1ccc2c(c1)OC[C@H](C)N(C(=O)c1cnccn1)C[C@H](C)[C@H](OC)CN(C)C2=O. The van der Waals surface area contributed by atoms with E-state index in [1.807, 2.05) is 20.8 Å². The highest BCUT2D eigenvalue weighted by Gasteiger charge is 2.31. The van der Waals surface area contributed by atoms with Crippen molar-refractivity contribution in [3.63, 3.8) is 0 Å². The van der Waals surface area contributed by atoms with E-state index in [-0.39, 0.29) is 48.1 Å². The fraction of sp³-hybridized carbons (Fsp3) is 0.500. The van der Waals surface area contributed by atoms with Gasteiger partial charge in [0.1, 0.15) is 18.1 Å². The van der Waals surface area contributed by atoms with E-state index in [9.17, 15) is 14.4 Å². The average molecular weight is 498 g/mol. The van der Waals surface area contributed by atoms with Crippen molar-refractivity contribution in [2.24, 2.45) is 5.92 Å². The number of hydrogen-bond donors (Lipinski definition) is 1. The van der Waals surface area contributed by atoms with Gasteiger partial charge in [-0.25, -0.2) is 4.98 Å². The summed E-state index contributed by atoms with van der Waals surface area (Å²) in [6.07, 6.45) is 5.26. The minimum absolute atomic E-state index is 0.0802. The molecule has 36 heavy (non-hydrogen) atoms. The van der Waals surface area contributed by atoms with Crippen LogP contribution in [0.4, 0.5) is 5.69 Å². The van der Waals surface area contributed by atoms with Crippen LogP contribution >= 0.6 is 0 Å². The normalized spacial score (nSPS) is 21.0. The van der Waals surface area contributed by atoms with E-state index in [1.165, 1.54) is 18.6 Å². The molecule has 3 amide bonds. The van der Waals surface area contributed by atoms with Crippen molar-refractivity contribution in [3.8, 4) is 5.75 Å². The van der Waals surface area contributed by atoms with Crippen LogP contribution in [-0.2, 0) is 9.53 Å². The highest BCUT2D eigenvalue weighted by atomic mass is 16.5. The molecule has 1 aliphatic heterocycles. The molecule has 3 atom stereocenters. The Balaban J connectivity index is 1.97. The van der Waals surface area contributed by atoms with Gasteiger partial charge < -0.3 is 24.6 Å². The summed E-state index contributed by atoms with van der Waals surface area (Å²) in [5.41, 5.74) is 1.15. The smallest absolute Gasteiger partial charge is 0.274 e. The number of ether oxygens (including phenoxy) is 2. The van der Waals surface area contributed by atoms with Gasteiger partial charge in [0.25, 0.3) is 11.8 Å². The Bertz CT molecular complexity index is 1060. The molecule has 1 aromatic carbocycles. The van der Waals surface area contributed by atoms with Crippen LogP contribution in [0.15, 0.2) is 36.8 Å². The molecule has 2 heterocycles. The van der Waals surface area contributed by atoms with Crippen molar-refractivity contribution < 1.29 is 23.9 Å². The summed E-state index contributed by atoms with van der Waals surface area (Å²) in [7, 11) is 3.31. The number of nitrogens with zero attached hydrogens (tertiary/aromatic N) is 4. The lowest BCUT2D eigenvalue weighted by Gasteiger charge is -2.35. The van der Waals surface area contributed by atoms with Crippen LogP contribution in [-0.4, -0.2) is 83.5 Å². The van der Waals surface area contributed by atoms with E-state index in [1.54, 1.807) is 42.2 Å². The topological polar surface area (TPSA) is 114 Å².